The first-order valence-electron chi connectivity index (χ1n) is 9.50. The number of unbranched alkanes of at least 4 members (excludes halogenated alkanes) is 1. The van der Waals surface area contributed by atoms with Crippen molar-refractivity contribution in [1.82, 2.24) is 15.0 Å². The summed E-state index contributed by atoms with van der Waals surface area (Å²) in [7, 11) is 0. The Kier molecular flexibility index (Phi) is 18.5. The molecule has 1 heterocycles. The van der Waals surface area contributed by atoms with Crippen LogP contribution in [0, 0.1) is 5.41 Å². The van der Waals surface area contributed by atoms with Crippen LogP contribution in [0.2, 0.25) is 0 Å². The lowest BCUT2D eigenvalue weighted by atomic mass is 9.91. The van der Waals surface area contributed by atoms with E-state index in [4.69, 9.17) is 14.9 Å². The van der Waals surface area contributed by atoms with E-state index in [1.54, 1.807) is 6.20 Å². The van der Waals surface area contributed by atoms with Crippen LogP contribution in [-0.2, 0) is 22.5 Å². The molecular formula is C18H37N3O6. The Morgan fingerprint density at radius 2 is 1.74 bits per heavy atom. The van der Waals surface area contributed by atoms with Crippen LogP contribution in [0.1, 0.15) is 46.2 Å². The van der Waals surface area contributed by atoms with Gasteiger partial charge in [-0.05, 0) is 12.8 Å². The van der Waals surface area contributed by atoms with Gasteiger partial charge in [-0.3, -0.25) is 4.68 Å². The van der Waals surface area contributed by atoms with Crippen LogP contribution in [-0.4, -0.2) is 80.8 Å². The molecule has 0 aliphatic rings. The van der Waals surface area contributed by atoms with Crippen LogP contribution in [0.3, 0.4) is 0 Å². The van der Waals surface area contributed by atoms with Crippen LogP contribution >= 0.6 is 0 Å². The van der Waals surface area contributed by atoms with Crippen molar-refractivity contribution in [3.63, 3.8) is 0 Å². The quantitative estimate of drug-likeness (QED) is 0.276. The van der Waals surface area contributed by atoms with E-state index in [2.05, 4.69) is 10.3 Å². The Balaban J connectivity index is 0. The highest BCUT2D eigenvalue weighted by atomic mass is 16.5. The number of carbonyl (C=O) groups is 1. The number of carbonyl (C=O) groups excluding carboxylic acids is 1. The molecule has 0 saturated carbocycles. The first kappa shape index (κ1) is 27.8. The number of ether oxygens (including phenoxy) is 1. The highest BCUT2D eigenvalue weighted by Gasteiger charge is 2.31. The van der Waals surface area contributed by atoms with Gasteiger partial charge < -0.3 is 30.0 Å². The monoisotopic (exact) mass is 391 g/mol. The van der Waals surface area contributed by atoms with Gasteiger partial charge in [0, 0.05) is 12.6 Å². The van der Waals surface area contributed by atoms with Gasteiger partial charge >= 0.3 is 0 Å². The minimum atomic E-state index is -1.00. The van der Waals surface area contributed by atoms with Crippen LogP contribution < -0.4 is 0 Å². The zero-order valence-corrected chi connectivity index (χ0v) is 17.0. The molecule has 0 spiro atoms. The molecule has 9 nitrogen and oxygen atoms in total. The molecule has 0 atom stereocenters. The molecule has 0 fully saturated rings. The summed E-state index contributed by atoms with van der Waals surface area (Å²) in [5.41, 5.74) is -0.280. The van der Waals surface area contributed by atoms with Gasteiger partial charge in [-0.2, -0.15) is 0 Å². The lowest BCUT2D eigenvalue weighted by Crippen LogP contribution is -2.41. The molecule has 0 radical (unpaired) electrons. The van der Waals surface area contributed by atoms with Crippen molar-refractivity contribution < 1.29 is 30.0 Å². The van der Waals surface area contributed by atoms with Crippen molar-refractivity contribution >= 4 is 6.29 Å². The summed E-state index contributed by atoms with van der Waals surface area (Å²) in [6.07, 6.45) is 3.55. The number of aldehydes is 1. The van der Waals surface area contributed by atoms with Gasteiger partial charge in [-0.1, -0.05) is 32.9 Å². The van der Waals surface area contributed by atoms with E-state index in [0.717, 1.165) is 12.0 Å². The average molecular weight is 392 g/mol. The number of aryl methyl sites for hydroxylation is 1. The fourth-order valence-corrected chi connectivity index (χ4v) is 1.99. The second kappa shape index (κ2) is 18.0. The van der Waals surface area contributed by atoms with Crippen LogP contribution in [0.15, 0.2) is 6.20 Å². The first-order chi connectivity index (χ1) is 13.1. The van der Waals surface area contributed by atoms with Gasteiger partial charge in [0.15, 0.2) is 0 Å². The Hall–Kier alpha value is -1.39. The first-order valence-corrected chi connectivity index (χ1v) is 9.50. The largest absolute Gasteiger partial charge is 0.396 e. The maximum atomic E-state index is 10.3. The standard InChI is InChI=1S/C14H25N3O6.2C2H6/c18-4-2-1-3-12-5-17(16-15-12)8-14(9-21,10-22)11-23-13(6-19)7-20;2*1-2/h4-5,13,19-22H,1-3,6-11H2;2*1-2H3. The summed E-state index contributed by atoms with van der Waals surface area (Å²) in [4.78, 5) is 10.3. The Morgan fingerprint density at radius 3 is 2.22 bits per heavy atom. The third kappa shape index (κ3) is 11.1. The second-order valence-corrected chi connectivity index (χ2v) is 5.58. The predicted octanol–water partition coefficient (Wildman–Crippen LogP) is 0.193. The lowest BCUT2D eigenvalue weighted by molar-refractivity contribution is -0.107. The summed E-state index contributed by atoms with van der Waals surface area (Å²) < 4.78 is 6.82. The molecule has 1 aromatic heterocycles. The SMILES string of the molecule is CC.CC.O=CCCCc1cn(CC(CO)(CO)COC(CO)CO)nn1. The molecule has 0 amide bonds. The topological polar surface area (TPSA) is 138 Å². The number of hydrogen-bond donors (Lipinski definition) is 4. The smallest absolute Gasteiger partial charge is 0.120 e. The number of aliphatic hydroxyl groups excluding tert-OH is 4. The molecule has 0 unspecified atom stereocenters. The predicted molar refractivity (Wildman–Crippen MR) is 102 cm³/mol. The van der Waals surface area contributed by atoms with Crippen molar-refractivity contribution in [3.8, 4) is 0 Å². The van der Waals surface area contributed by atoms with Crippen molar-refractivity contribution in [2.24, 2.45) is 5.41 Å². The molecule has 0 saturated heterocycles. The maximum Gasteiger partial charge on any atom is 0.120 e. The molecule has 27 heavy (non-hydrogen) atoms. The van der Waals surface area contributed by atoms with Gasteiger partial charge in [0.1, 0.15) is 12.4 Å². The molecule has 0 bridgehead atoms. The normalized spacial score (nSPS) is 10.7. The number of aliphatic hydroxyl groups is 4. The van der Waals surface area contributed by atoms with Gasteiger partial charge in [-0.15, -0.1) is 5.10 Å². The van der Waals surface area contributed by atoms with E-state index >= 15 is 0 Å². The zero-order chi connectivity index (χ0) is 21.1. The van der Waals surface area contributed by atoms with Crippen molar-refractivity contribution in [2.75, 3.05) is 33.0 Å². The average Bonchev–Trinajstić information content (AvgIpc) is 3.18. The molecule has 4 N–H and O–H groups in total. The Morgan fingerprint density at radius 1 is 1.15 bits per heavy atom. The highest BCUT2D eigenvalue weighted by molar-refractivity contribution is 5.49. The number of nitrogens with zero attached hydrogens (tertiary/aromatic N) is 3. The molecular weight excluding hydrogens is 354 g/mol. The van der Waals surface area contributed by atoms with Crippen LogP contribution in [0.4, 0.5) is 0 Å². The van der Waals surface area contributed by atoms with Crippen LogP contribution in [0.25, 0.3) is 0 Å². The summed E-state index contributed by atoms with van der Waals surface area (Å²) in [6, 6.07) is 0. The van der Waals surface area contributed by atoms with Gasteiger partial charge in [-0.25, -0.2) is 0 Å². The van der Waals surface area contributed by atoms with E-state index in [1.165, 1.54) is 4.68 Å². The third-order valence-corrected chi connectivity index (χ3v) is 3.54. The molecule has 0 aliphatic heterocycles. The summed E-state index contributed by atoms with van der Waals surface area (Å²) >= 11 is 0. The summed E-state index contributed by atoms with van der Waals surface area (Å²) in [6.45, 7) is 6.71. The lowest BCUT2D eigenvalue weighted by Gasteiger charge is -2.30. The number of hydrogen-bond acceptors (Lipinski definition) is 8. The van der Waals surface area contributed by atoms with E-state index in [-0.39, 0.29) is 39.6 Å². The summed E-state index contributed by atoms with van der Waals surface area (Å²) in [5, 5.41) is 45.2. The van der Waals surface area contributed by atoms with E-state index in [0.29, 0.717) is 19.3 Å². The molecule has 0 aliphatic carbocycles. The van der Waals surface area contributed by atoms with E-state index in [9.17, 15) is 15.0 Å². The van der Waals surface area contributed by atoms with Crippen molar-refractivity contribution in [2.45, 2.75) is 59.6 Å². The van der Waals surface area contributed by atoms with Crippen molar-refractivity contribution in [1.29, 1.82) is 0 Å². The fraction of sp³-hybridized carbons (Fsp3) is 0.833. The maximum absolute atomic E-state index is 10.3. The second-order valence-electron chi connectivity index (χ2n) is 5.58. The molecule has 9 heteroatoms. The zero-order valence-electron chi connectivity index (χ0n) is 17.0. The molecule has 0 aromatic carbocycles. The molecule has 1 aromatic rings. The van der Waals surface area contributed by atoms with E-state index in [1.807, 2.05) is 27.7 Å². The summed E-state index contributed by atoms with van der Waals surface area (Å²) in [5.74, 6) is 0. The fourth-order valence-electron chi connectivity index (χ4n) is 1.99. The molecule has 1 rings (SSSR count). The Bertz CT molecular complexity index is 448. The van der Waals surface area contributed by atoms with Gasteiger partial charge in [0.05, 0.1) is 50.7 Å². The van der Waals surface area contributed by atoms with Gasteiger partial charge in [0.2, 0.25) is 0 Å². The highest BCUT2D eigenvalue weighted by Crippen LogP contribution is 2.20. The number of rotatable bonds is 13. The van der Waals surface area contributed by atoms with Crippen LogP contribution in [0.5, 0.6) is 0 Å². The minimum Gasteiger partial charge on any atom is -0.396 e. The Labute approximate surface area is 162 Å². The van der Waals surface area contributed by atoms with Crippen molar-refractivity contribution in [3.05, 3.63) is 11.9 Å². The van der Waals surface area contributed by atoms with Gasteiger partial charge in [0.25, 0.3) is 0 Å². The number of aromatic nitrogens is 3. The molecule has 160 valence electrons. The minimum absolute atomic E-state index is 0.0495. The third-order valence-electron chi connectivity index (χ3n) is 3.54. The van der Waals surface area contributed by atoms with E-state index < -0.39 is 11.5 Å².